The molecule has 0 N–H and O–H groups in total. The van der Waals surface area contributed by atoms with Crippen molar-refractivity contribution in [2.24, 2.45) is 5.92 Å². The highest BCUT2D eigenvalue weighted by Crippen LogP contribution is 2.26. The Bertz CT molecular complexity index is 345. The van der Waals surface area contributed by atoms with E-state index >= 15 is 0 Å². The third-order valence-corrected chi connectivity index (χ3v) is 3.24. The summed E-state index contributed by atoms with van der Waals surface area (Å²) in [5, 5.41) is 0. The lowest BCUT2D eigenvalue weighted by Crippen LogP contribution is -2.33. The molecule has 1 saturated heterocycles. The van der Waals surface area contributed by atoms with E-state index in [1.165, 1.54) is 12.8 Å². The zero-order chi connectivity index (χ0) is 14.8. The van der Waals surface area contributed by atoms with Gasteiger partial charge in [0.05, 0.1) is 0 Å². The number of hydrogen-bond donors (Lipinski definition) is 0. The van der Waals surface area contributed by atoms with E-state index in [2.05, 4.69) is 16.8 Å². The topological polar surface area (TPSA) is 16.1 Å². The van der Waals surface area contributed by atoms with Gasteiger partial charge < -0.3 is 4.90 Å². The molecule has 110 valence electrons. The summed E-state index contributed by atoms with van der Waals surface area (Å²) in [6.07, 6.45) is 3.95. The van der Waals surface area contributed by atoms with Gasteiger partial charge in [-0.1, -0.05) is 34.6 Å². The van der Waals surface area contributed by atoms with Crippen molar-refractivity contribution < 1.29 is 4.39 Å². The zero-order valence-electron chi connectivity index (χ0n) is 13.3. The van der Waals surface area contributed by atoms with Gasteiger partial charge in [-0.05, 0) is 31.7 Å². The van der Waals surface area contributed by atoms with E-state index in [4.69, 9.17) is 0 Å². The van der Waals surface area contributed by atoms with Gasteiger partial charge in [0, 0.05) is 30.5 Å². The average Bonchev–Trinajstić information content (AvgIpc) is 2.47. The fourth-order valence-corrected chi connectivity index (χ4v) is 2.09. The summed E-state index contributed by atoms with van der Waals surface area (Å²) in [7, 11) is 0. The molecule has 0 unspecified atom stereocenters. The Morgan fingerprint density at radius 2 is 1.68 bits per heavy atom. The van der Waals surface area contributed by atoms with Crippen molar-refractivity contribution in [3.05, 3.63) is 23.8 Å². The molecule has 1 fully saturated rings. The lowest BCUT2D eigenvalue weighted by Gasteiger charge is -2.33. The molecule has 1 aromatic heterocycles. The summed E-state index contributed by atoms with van der Waals surface area (Å²) in [5.41, 5.74) is 1.68. The quantitative estimate of drug-likeness (QED) is 0.679. The molecule has 1 aliphatic rings. The normalized spacial score (nSPS) is 15.0. The van der Waals surface area contributed by atoms with Crippen LogP contribution in [0.1, 0.15) is 53.0 Å². The molecule has 0 spiro atoms. The molecule has 2 nitrogen and oxygen atoms in total. The molecule has 2 rings (SSSR count). The fraction of sp³-hybridized carbons (Fsp3) is 0.688. The van der Waals surface area contributed by atoms with Crippen LogP contribution in [0.3, 0.4) is 0 Å². The molecule has 2 heterocycles. The first kappa shape index (κ1) is 17.9. The van der Waals surface area contributed by atoms with Crippen LogP contribution in [0.2, 0.25) is 0 Å². The summed E-state index contributed by atoms with van der Waals surface area (Å²) < 4.78 is 13.3. The Morgan fingerprint density at radius 3 is 2.21 bits per heavy atom. The molecule has 0 amide bonds. The summed E-state index contributed by atoms with van der Waals surface area (Å²) in [6.45, 7) is 14.1. The third kappa shape index (κ3) is 5.17. The van der Waals surface area contributed by atoms with Gasteiger partial charge in [-0.3, -0.25) is 0 Å². The maximum atomic E-state index is 13.3. The molecule has 0 saturated carbocycles. The predicted octanol–water partition coefficient (Wildman–Crippen LogP) is 4.82. The van der Waals surface area contributed by atoms with Crippen molar-refractivity contribution in [1.29, 1.82) is 0 Å². The number of aromatic nitrogens is 1. The number of nitrogens with zero attached hydrogens (tertiary/aromatic N) is 2. The lowest BCUT2D eigenvalue weighted by atomic mass is 9.98. The van der Waals surface area contributed by atoms with Crippen LogP contribution in [0.5, 0.6) is 0 Å². The van der Waals surface area contributed by atoms with E-state index < -0.39 is 0 Å². The van der Waals surface area contributed by atoms with Crippen LogP contribution >= 0.6 is 0 Å². The molecule has 0 bridgehead atoms. The minimum absolute atomic E-state index is 0.342. The molecule has 0 aromatic carbocycles. The highest BCUT2D eigenvalue weighted by Gasteiger charge is 2.18. The van der Waals surface area contributed by atoms with Gasteiger partial charge in [0.15, 0.2) is 0 Å². The summed E-state index contributed by atoms with van der Waals surface area (Å²) in [5.74, 6) is 0.458. The monoisotopic (exact) mass is 268 g/mol. The Kier molecular flexibility index (Phi) is 9.19. The second-order valence-corrected chi connectivity index (χ2v) is 4.42. The van der Waals surface area contributed by atoms with E-state index in [1.54, 1.807) is 13.1 Å². The number of rotatable bonds is 1. The van der Waals surface area contributed by atoms with E-state index in [-0.39, 0.29) is 5.95 Å². The van der Waals surface area contributed by atoms with E-state index in [9.17, 15) is 4.39 Å². The first-order valence-electron chi connectivity index (χ1n) is 7.54. The molecule has 19 heavy (non-hydrogen) atoms. The molecule has 3 heteroatoms. The Balaban J connectivity index is 0.000000741. The SMILES string of the molecule is CC.CC.Cc1c(N2CCC(C)CC2)ccnc1F. The first-order chi connectivity index (χ1) is 9.18. The van der Waals surface area contributed by atoms with Gasteiger partial charge in [0.25, 0.3) is 0 Å². The molecular weight excluding hydrogens is 239 g/mol. The van der Waals surface area contributed by atoms with Crippen molar-refractivity contribution in [1.82, 2.24) is 4.98 Å². The van der Waals surface area contributed by atoms with Crippen LogP contribution in [-0.4, -0.2) is 18.1 Å². The van der Waals surface area contributed by atoms with E-state index in [0.717, 1.165) is 24.7 Å². The van der Waals surface area contributed by atoms with Crippen molar-refractivity contribution in [2.45, 2.75) is 54.4 Å². The number of piperidine rings is 1. The minimum atomic E-state index is -0.342. The van der Waals surface area contributed by atoms with E-state index in [0.29, 0.717) is 5.56 Å². The van der Waals surface area contributed by atoms with Crippen LogP contribution in [-0.2, 0) is 0 Å². The lowest BCUT2D eigenvalue weighted by molar-refractivity contribution is 0.437. The molecule has 0 atom stereocenters. The molecular formula is C16H29FN2. The highest BCUT2D eigenvalue weighted by molar-refractivity contribution is 5.52. The summed E-state index contributed by atoms with van der Waals surface area (Å²) in [4.78, 5) is 5.92. The smallest absolute Gasteiger partial charge is 0.217 e. The molecule has 1 aromatic rings. The van der Waals surface area contributed by atoms with E-state index in [1.807, 2.05) is 33.8 Å². The van der Waals surface area contributed by atoms with Gasteiger partial charge in [-0.15, -0.1) is 0 Å². The number of pyridine rings is 1. The van der Waals surface area contributed by atoms with Gasteiger partial charge in [0.1, 0.15) is 0 Å². The Morgan fingerprint density at radius 1 is 1.16 bits per heavy atom. The molecule has 1 aliphatic heterocycles. The van der Waals surface area contributed by atoms with Crippen LogP contribution in [0, 0.1) is 18.8 Å². The van der Waals surface area contributed by atoms with Crippen LogP contribution in [0.15, 0.2) is 12.3 Å². The van der Waals surface area contributed by atoms with Gasteiger partial charge in [0.2, 0.25) is 5.95 Å². The molecule has 0 aliphatic carbocycles. The molecule has 0 radical (unpaired) electrons. The van der Waals surface area contributed by atoms with Crippen molar-refractivity contribution in [2.75, 3.05) is 18.0 Å². The van der Waals surface area contributed by atoms with Crippen LogP contribution in [0.25, 0.3) is 0 Å². The van der Waals surface area contributed by atoms with Crippen molar-refractivity contribution in [3.8, 4) is 0 Å². The van der Waals surface area contributed by atoms with Gasteiger partial charge in [-0.2, -0.15) is 4.39 Å². The fourth-order valence-electron chi connectivity index (χ4n) is 2.09. The average molecular weight is 268 g/mol. The van der Waals surface area contributed by atoms with Crippen LogP contribution in [0.4, 0.5) is 10.1 Å². The predicted molar refractivity (Wildman–Crippen MR) is 82.2 cm³/mol. The first-order valence-corrected chi connectivity index (χ1v) is 7.54. The Hall–Kier alpha value is -1.12. The van der Waals surface area contributed by atoms with Gasteiger partial charge in [-0.25, -0.2) is 4.98 Å². The minimum Gasteiger partial charge on any atom is -0.371 e. The van der Waals surface area contributed by atoms with Crippen molar-refractivity contribution in [3.63, 3.8) is 0 Å². The van der Waals surface area contributed by atoms with Crippen LogP contribution < -0.4 is 4.90 Å². The second kappa shape index (κ2) is 9.76. The summed E-state index contributed by atoms with van der Waals surface area (Å²) in [6, 6.07) is 1.91. The number of anilines is 1. The number of halogens is 1. The zero-order valence-corrected chi connectivity index (χ0v) is 13.3. The van der Waals surface area contributed by atoms with Gasteiger partial charge >= 0.3 is 0 Å². The summed E-state index contributed by atoms with van der Waals surface area (Å²) >= 11 is 0. The standard InChI is InChI=1S/C12H17FN2.2C2H6/c1-9-4-7-15(8-5-9)11-3-6-14-12(13)10(11)2;2*1-2/h3,6,9H,4-5,7-8H2,1-2H3;2*1-2H3. The Labute approximate surface area is 118 Å². The highest BCUT2D eigenvalue weighted by atomic mass is 19.1. The largest absolute Gasteiger partial charge is 0.371 e. The second-order valence-electron chi connectivity index (χ2n) is 4.42. The third-order valence-electron chi connectivity index (χ3n) is 3.24. The number of hydrogen-bond acceptors (Lipinski definition) is 2. The van der Waals surface area contributed by atoms with Crippen molar-refractivity contribution >= 4 is 5.69 Å². The maximum absolute atomic E-state index is 13.3. The maximum Gasteiger partial charge on any atom is 0.217 e.